The van der Waals surface area contributed by atoms with Crippen LogP contribution in [0.4, 0.5) is 5.13 Å². The second-order valence-electron chi connectivity index (χ2n) is 6.08. The van der Waals surface area contributed by atoms with Crippen molar-refractivity contribution in [1.29, 1.82) is 0 Å². The van der Waals surface area contributed by atoms with E-state index in [1.807, 2.05) is 54.6 Å². The Balaban J connectivity index is 1.72. The Morgan fingerprint density at radius 1 is 1.11 bits per heavy atom. The fourth-order valence-electron chi connectivity index (χ4n) is 2.64. The fourth-order valence-corrected chi connectivity index (χ4v) is 3.39. The van der Waals surface area contributed by atoms with Crippen LogP contribution in [0.3, 0.4) is 0 Å². The first-order valence-electron chi connectivity index (χ1n) is 8.65. The Hall–Kier alpha value is -3.26. The number of nitrogens with zero attached hydrogens (tertiary/aromatic N) is 2. The third-order valence-electron chi connectivity index (χ3n) is 3.95. The van der Waals surface area contributed by atoms with Gasteiger partial charge in [-0.05, 0) is 17.7 Å². The second-order valence-corrected chi connectivity index (χ2v) is 7.05. The molecule has 0 fully saturated rings. The van der Waals surface area contributed by atoms with Gasteiger partial charge < -0.3 is 10.1 Å². The highest BCUT2D eigenvalue weighted by molar-refractivity contribution is 7.18. The summed E-state index contributed by atoms with van der Waals surface area (Å²) >= 11 is 1.25. The summed E-state index contributed by atoms with van der Waals surface area (Å²) in [4.78, 5) is 24.2. The molecule has 0 saturated heterocycles. The van der Waals surface area contributed by atoms with Gasteiger partial charge in [0, 0.05) is 18.9 Å². The number of ether oxygens (including phenoxy) is 1. The van der Waals surface area contributed by atoms with Crippen molar-refractivity contribution in [2.75, 3.05) is 12.4 Å². The van der Waals surface area contributed by atoms with Crippen LogP contribution in [0, 0.1) is 0 Å². The molecule has 1 atom stereocenters. The molecule has 3 rings (SSSR count). The lowest BCUT2D eigenvalue weighted by Crippen LogP contribution is -2.44. The van der Waals surface area contributed by atoms with Gasteiger partial charge >= 0.3 is 0 Å². The molecule has 1 heterocycles. The molecule has 28 heavy (non-hydrogen) atoms. The van der Waals surface area contributed by atoms with Crippen LogP contribution in [-0.4, -0.2) is 35.2 Å². The Morgan fingerprint density at radius 2 is 1.89 bits per heavy atom. The maximum absolute atomic E-state index is 12.7. The zero-order valence-electron chi connectivity index (χ0n) is 15.5. The van der Waals surface area contributed by atoms with Crippen molar-refractivity contribution in [3.8, 4) is 16.3 Å². The number of anilines is 1. The lowest BCUT2D eigenvalue weighted by Gasteiger charge is -2.16. The molecule has 1 unspecified atom stereocenters. The third-order valence-corrected chi connectivity index (χ3v) is 4.84. The minimum Gasteiger partial charge on any atom is -0.497 e. The lowest BCUT2D eigenvalue weighted by molar-refractivity contribution is -0.125. The Morgan fingerprint density at radius 3 is 2.61 bits per heavy atom. The van der Waals surface area contributed by atoms with Crippen LogP contribution in [0.25, 0.3) is 10.6 Å². The summed E-state index contributed by atoms with van der Waals surface area (Å²) in [6, 6.07) is 16.2. The normalized spacial score (nSPS) is 11.5. The molecule has 1 aromatic heterocycles. The van der Waals surface area contributed by atoms with Gasteiger partial charge in [0.15, 0.2) is 0 Å². The minimum absolute atomic E-state index is 0.273. The average molecular weight is 396 g/mol. The van der Waals surface area contributed by atoms with Gasteiger partial charge in [-0.15, -0.1) is 10.2 Å². The summed E-state index contributed by atoms with van der Waals surface area (Å²) in [5.74, 6) is 0.102. The van der Waals surface area contributed by atoms with Crippen molar-refractivity contribution in [3.63, 3.8) is 0 Å². The molecular weight excluding hydrogens is 376 g/mol. The molecule has 2 amide bonds. The summed E-state index contributed by atoms with van der Waals surface area (Å²) in [5.41, 5.74) is 1.80. The Kier molecular flexibility index (Phi) is 6.33. The molecule has 3 aromatic rings. The van der Waals surface area contributed by atoms with Crippen LogP contribution < -0.4 is 15.4 Å². The highest BCUT2D eigenvalue weighted by Gasteiger charge is 2.21. The van der Waals surface area contributed by atoms with Gasteiger partial charge in [-0.25, -0.2) is 0 Å². The van der Waals surface area contributed by atoms with Crippen molar-refractivity contribution in [1.82, 2.24) is 15.5 Å². The summed E-state index contributed by atoms with van der Waals surface area (Å²) in [5, 5.41) is 14.6. The molecule has 144 valence electrons. The maximum Gasteiger partial charge on any atom is 0.249 e. The molecule has 7 nitrogen and oxygen atoms in total. The van der Waals surface area contributed by atoms with E-state index in [1.165, 1.54) is 18.3 Å². The first-order valence-corrected chi connectivity index (χ1v) is 9.46. The van der Waals surface area contributed by atoms with Gasteiger partial charge in [-0.2, -0.15) is 0 Å². The fraction of sp³-hybridized carbons (Fsp3) is 0.200. The summed E-state index contributed by atoms with van der Waals surface area (Å²) in [6.45, 7) is 1.39. The van der Waals surface area contributed by atoms with E-state index in [2.05, 4.69) is 20.8 Å². The summed E-state index contributed by atoms with van der Waals surface area (Å²) < 4.78 is 5.22. The number of hydrogen-bond acceptors (Lipinski definition) is 6. The molecule has 0 bridgehead atoms. The van der Waals surface area contributed by atoms with E-state index in [-0.39, 0.29) is 11.8 Å². The predicted octanol–water partition coefficient (Wildman–Crippen LogP) is 2.90. The van der Waals surface area contributed by atoms with E-state index in [0.717, 1.165) is 11.1 Å². The van der Waals surface area contributed by atoms with Gasteiger partial charge in [-0.3, -0.25) is 14.9 Å². The number of carbonyl (C=O) groups excluding carboxylic acids is 2. The average Bonchev–Trinajstić information content (AvgIpc) is 3.16. The van der Waals surface area contributed by atoms with Crippen LogP contribution in [0.2, 0.25) is 0 Å². The molecule has 0 radical (unpaired) electrons. The van der Waals surface area contributed by atoms with E-state index in [1.54, 1.807) is 7.11 Å². The summed E-state index contributed by atoms with van der Waals surface area (Å²) in [7, 11) is 1.60. The van der Waals surface area contributed by atoms with E-state index in [4.69, 9.17) is 4.74 Å². The van der Waals surface area contributed by atoms with Gasteiger partial charge in [0.2, 0.25) is 16.9 Å². The standard InChI is InChI=1S/C20H20N4O3S/c1-13(25)21-17(11-14-7-4-3-5-8-14)18(26)22-20-24-23-19(28-20)15-9-6-10-16(12-15)27-2/h3-10,12,17H,11H2,1-2H3,(H,21,25)(H,22,24,26). The van der Waals surface area contributed by atoms with Crippen molar-refractivity contribution in [2.24, 2.45) is 0 Å². The van der Waals surface area contributed by atoms with Crippen LogP contribution in [0.1, 0.15) is 12.5 Å². The molecule has 0 aliphatic carbocycles. The van der Waals surface area contributed by atoms with Gasteiger partial charge in [0.25, 0.3) is 0 Å². The largest absolute Gasteiger partial charge is 0.497 e. The number of carbonyl (C=O) groups is 2. The number of methoxy groups -OCH3 is 1. The molecule has 0 aliphatic heterocycles. The third kappa shape index (κ3) is 5.14. The zero-order valence-corrected chi connectivity index (χ0v) is 16.3. The monoisotopic (exact) mass is 396 g/mol. The van der Waals surface area contributed by atoms with Crippen LogP contribution in [-0.2, 0) is 16.0 Å². The second kappa shape index (κ2) is 9.09. The highest BCUT2D eigenvalue weighted by atomic mass is 32.1. The van der Waals surface area contributed by atoms with Crippen molar-refractivity contribution < 1.29 is 14.3 Å². The molecule has 8 heteroatoms. The molecule has 2 aromatic carbocycles. The Bertz CT molecular complexity index is 959. The van der Waals surface area contributed by atoms with Gasteiger partial charge in [-0.1, -0.05) is 53.8 Å². The number of nitrogens with one attached hydrogen (secondary N) is 2. The zero-order chi connectivity index (χ0) is 19.9. The van der Waals surface area contributed by atoms with E-state index < -0.39 is 6.04 Å². The Labute approximate surface area is 166 Å². The van der Waals surface area contributed by atoms with E-state index >= 15 is 0 Å². The number of rotatable bonds is 7. The first-order chi connectivity index (χ1) is 13.5. The maximum atomic E-state index is 12.7. The molecular formula is C20H20N4O3S. The van der Waals surface area contributed by atoms with E-state index in [0.29, 0.717) is 22.3 Å². The number of amides is 2. The van der Waals surface area contributed by atoms with Crippen molar-refractivity contribution in [3.05, 3.63) is 60.2 Å². The SMILES string of the molecule is COc1cccc(-c2nnc(NC(=O)C(Cc3ccccc3)NC(C)=O)s2)c1. The number of aromatic nitrogens is 2. The smallest absolute Gasteiger partial charge is 0.249 e. The van der Waals surface area contributed by atoms with Crippen molar-refractivity contribution >= 4 is 28.3 Å². The number of hydrogen-bond donors (Lipinski definition) is 2. The van der Waals surface area contributed by atoms with Crippen LogP contribution in [0.5, 0.6) is 5.75 Å². The predicted molar refractivity (Wildman–Crippen MR) is 108 cm³/mol. The van der Waals surface area contributed by atoms with Crippen LogP contribution in [0.15, 0.2) is 54.6 Å². The quantitative estimate of drug-likeness (QED) is 0.641. The van der Waals surface area contributed by atoms with Crippen LogP contribution >= 0.6 is 11.3 Å². The molecule has 0 saturated carbocycles. The molecule has 2 N–H and O–H groups in total. The molecule has 0 spiro atoms. The van der Waals surface area contributed by atoms with Gasteiger partial charge in [0.05, 0.1) is 7.11 Å². The minimum atomic E-state index is -0.705. The van der Waals surface area contributed by atoms with E-state index in [9.17, 15) is 9.59 Å². The summed E-state index contributed by atoms with van der Waals surface area (Å²) in [6.07, 6.45) is 0.383. The lowest BCUT2D eigenvalue weighted by atomic mass is 10.1. The van der Waals surface area contributed by atoms with Gasteiger partial charge in [0.1, 0.15) is 16.8 Å². The topological polar surface area (TPSA) is 93.2 Å². The molecule has 0 aliphatic rings. The van der Waals surface area contributed by atoms with Crippen molar-refractivity contribution in [2.45, 2.75) is 19.4 Å². The highest BCUT2D eigenvalue weighted by Crippen LogP contribution is 2.28. The number of benzene rings is 2. The first kappa shape index (κ1) is 19.5.